The molecule has 1 aromatic rings. The smallest absolute Gasteiger partial charge is 0.0585 e. The van der Waals surface area contributed by atoms with Gasteiger partial charge in [0.25, 0.3) is 0 Å². The second kappa shape index (κ2) is 4.08. The molecule has 0 atom stereocenters. The van der Waals surface area contributed by atoms with E-state index in [-0.39, 0.29) is 0 Å². The van der Waals surface area contributed by atoms with E-state index in [9.17, 15) is 0 Å². The summed E-state index contributed by atoms with van der Waals surface area (Å²) in [5.41, 5.74) is 1.29. The van der Waals surface area contributed by atoms with Gasteiger partial charge in [0.2, 0.25) is 0 Å². The van der Waals surface area contributed by atoms with Crippen LogP contribution >= 0.6 is 11.6 Å². The highest BCUT2D eigenvalue weighted by Crippen LogP contribution is 2.44. The molecule has 3 heteroatoms. The van der Waals surface area contributed by atoms with Crippen molar-refractivity contribution in [3.8, 4) is 0 Å². The van der Waals surface area contributed by atoms with Gasteiger partial charge in [0, 0.05) is 31.5 Å². The maximum absolute atomic E-state index is 5.98. The molecule has 2 aliphatic rings. The van der Waals surface area contributed by atoms with Crippen molar-refractivity contribution in [1.29, 1.82) is 0 Å². The topological polar surface area (TPSA) is 17.0 Å². The van der Waals surface area contributed by atoms with Crippen molar-refractivity contribution >= 4 is 11.6 Å². The Morgan fingerprint density at radius 3 is 2.44 bits per heavy atom. The zero-order chi connectivity index (χ0) is 11.1. The van der Waals surface area contributed by atoms with Crippen molar-refractivity contribution < 1.29 is 0 Å². The summed E-state index contributed by atoms with van der Waals surface area (Å²) in [6, 6.07) is 2.83. The first-order valence-electron chi connectivity index (χ1n) is 6.28. The van der Waals surface area contributed by atoms with Crippen molar-refractivity contribution in [2.75, 3.05) is 0 Å². The van der Waals surface area contributed by atoms with Gasteiger partial charge in [0.1, 0.15) is 0 Å². The Morgan fingerprint density at radius 1 is 1.38 bits per heavy atom. The number of halogens is 1. The molecule has 0 aromatic carbocycles. The Bertz CT molecular complexity index is 365. The van der Waals surface area contributed by atoms with E-state index >= 15 is 0 Å². The summed E-state index contributed by atoms with van der Waals surface area (Å²) in [6.07, 6.45) is 7.70. The second-order valence-corrected chi connectivity index (χ2v) is 5.78. The van der Waals surface area contributed by atoms with Crippen molar-refractivity contribution in [1.82, 2.24) is 9.88 Å². The summed E-state index contributed by atoms with van der Waals surface area (Å²) in [5, 5.41) is 4.58. The molecule has 0 saturated heterocycles. The van der Waals surface area contributed by atoms with E-state index in [4.69, 9.17) is 11.6 Å². The fraction of sp³-hybridized carbons (Fsp3) is 0.692. The molecule has 1 heterocycles. The standard InChI is InChI=1S/C13H19ClN2/c1-16-8-11(14)6-12(16)7-15-13(9-2-3-9)10-4-5-10/h6,8-10,13,15H,2-5,7H2,1H3. The molecule has 0 aliphatic heterocycles. The van der Waals surface area contributed by atoms with Crippen molar-refractivity contribution in [2.24, 2.45) is 18.9 Å². The fourth-order valence-corrected chi connectivity index (χ4v) is 2.87. The van der Waals surface area contributed by atoms with E-state index in [0.717, 1.165) is 29.4 Å². The van der Waals surface area contributed by atoms with E-state index in [0.29, 0.717) is 0 Å². The van der Waals surface area contributed by atoms with E-state index in [1.54, 1.807) is 0 Å². The Balaban J connectivity index is 1.60. The molecule has 2 aliphatic carbocycles. The predicted molar refractivity (Wildman–Crippen MR) is 66.5 cm³/mol. The van der Waals surface area contributed by atoms with E-state index < -0.39 is 0 Å². The van der Waals surface area contributed by atoms with Gasteiger partial charge < -0.3 is 9.88 Å². The first-order chi connectivity index (χ1) is 7.74. The number of hydrogen-bond donors (Lipinski definition) is 1. The third kappa shape index (κ3) is 2.28. The molecule has 1 N–H and O–H groups in total. The van der Waals surface area contributed by atoms with Gasteiger partial charge in [0.05, 0.1) is 5.02 Å². The number of hydrogen-bond acceptors (Lipinski definition) is 1. The van der Waals surface area contributed by atoms with Crippen LogP contribution in [-0.2, 0) is 13.6 Å². The van der Waals surface area contributed by atoms with Gasteiger partial charge in [-0.25, -0.2) is 0 Å². The van der Waals surface area contributed by atoms with Gasteiger partial charge >= 0.3 is 0 Å². The van der Waals surface area contributed by atoms with E-state index in [2.05, 4.69) is 23.0 Å². The van der Waals surface area contributed by atoms with Crippen molar-refractivity contribution in [2.45, 2.75) is 38.3 Å². The lowest BCUT2D eigenvalue weighted by atomic mass is 10.1. The van der Waals surface area contributed by atoms with Gasteiger partial charge in [-0.05, 0) is 43.6 Å². The highest BCUT2D eigenvalue weighted by molar-refractivity contribution is 6.30. The molecule has 88 valence electrons. The number of nitrogens with zero attached hydrogens (tertiary/aromatic N) is 1. The summed E-state index contributed by atoms with van der Waals surface area (Å²) >= 11 is 5.98. The predicted octanol–water partition coefficient (Wildman–Crippen LogP) is 2.96. The molecule has 0 radical (unpaired) electrons. The van der Waals surface area contributed by atoms with Crippen LogP contribution in [0.25, 0.3) is 0 Å². The summed E-state index contributed by atoms with van der Waals surface area (Å²) in [5.74, 6) is 1.92. The lowest BCUT2D eigenvalue weighted by Gasteiger charge is -2.17. The van der Waals surface area contributed by atoms with Gasteiger partial charge in [-0.3, -0.25) is 0 Å². The SMILES string of the molecule is Cn1cc(Cl)cc1CNC(C1CC1)C1CC1. The first-order valence-corrected chi connectivity index (χ1v) is 6.66. The minimum atomic E-state index is 0.772. The number of nitrogens with one attached hydrogen (secondary N) is 1. The summed E-state index contributed by atoms with van der Waals surface area (Å²) < 4.78 is 2.12. The quantitative estimate of drug-likeness (QED) is 0.835. The van der Waals surface area contributed by atoms with Crippen LogP contribution < -0.4 is 5.32 Å². The fourth-order valence-electron chi connectivity index (χ4n) is 2.59. The van der Waals surface area contributed by atoms with Crippen LogP contribution in [0.15, 0.2) is 12.3 Å². The first kappa shape index (κ1) is 10.7. The normalized spacial score (nSPS) is 20.7. The molecular weight excluding hydrogens is 220 g/mol. The second-order valence-electron chi connectivity index (χ2n) is 5.34. The van der Waals surface area contributed by atoms with Crippen LogP contribution in [0.2, 0.25) is 5.02 Å². The van der Waals surface area contributed by atoms with E-state index in [1.165, 1.54) is 31.4 Å². The van der Waals surface area contributed by atoms with Crippen LogP contribution in [0.5, 0.6) is 0 Å². The lowest BCUT2D eigenvalue weighted by Crippen LogP contribution is -2.33. The summed E-state index contributed by atoms with van der Waals surface area (Å²) in [7, 11) is 2.06. The largest absolute Gasteiger partial charge is 0.352 e. The highest BCUT2D eigenvalue weighted by Gasteiger charge is 2.40. The van der Waals surface area contributed by atoms with Crippen LogP contribution in [-0.4, -0.2) is 10.6 Å². The molecule has 0 unspecified atom stereocenters. The Morgan fingerprint density at radius 2 is 2.00 bits per heavy atom. The number of aromatic nitrogens is 1. The molecule has 0 spiro atoms. The zero-order valence-corrected chi connectivity index (χ0v) is 10.5. The maximum Gasteiger partial charge on any atom is 0.0585 e. The van der Waals surface area contributed by atoms with Gasteiger partial charge in [0.15, 0.2) is 0 Å². The van der Waals surface area contributed by atoms with Gasteiger partial charge in [-0.15, -0.1) is 0 Å². The van der Waals surface area contributed by atoms with Crippen LogP contribution in [0.1, 0.15) is 31.4 Å². The average Bonchev–Trinajstić information content (AvgIpc) is 3.11. The average molecular weight is 239 g/mol. The Hall–Kier alpha value is -0.470. The van der Waals surface area contributed by atoms with Crippen LogP contribution in [0, 0.1) is 11.8 Å². The molecule has 0 bridgehead atoms. The third-order valence-corrected chi connectivity index (χ3v) is 4.06. The molecule has 3 rings (SSSR count). The molecule has 16 heavy (non-hydrogen) atoms. The molecule has 2 nitrogen and oxygen atoms in total. The Kier molecular flexibility index (Phi) is 2.72. The molecule has 2 fully saturated rings. The minimum Gasteiger partial charge on any atom is -0.352 e. The van der Waals surface area contributed by atoms with E-state index in [1.807, 2.05) is 6.20 Å². The minimum absolute atomic E-state index is 0.772. The van der Waals surface area contributed by atoms with Crippen molar-refractivity contribution in [3.05, 3.63) is 23.0 Å². The van der Waals surface area contributed by atoms with Crippen molar-refractivity contribution in [3.63, 3.8) is 0 Å². The molecule has 1 aromatic heterocycles. The molecular formula is C13H19ClN2. The summed E-state index contributed by atoms with van der Waals surface area (Å²) in [4.78, 5) is 0. The highest BCUT2D eigenvalue weighted by atomic mass is 35.5. The Labute approximate surface area is 102 Å². The van der Waals surface area contributed by atoms with Gasteiger partial charge in [-0.1, -0.05) is 11.6 Å². The molecule has 2 saturated carbocycles. The maximum atomic E-state index is 5.98. The van der Waals surface area contributed by atoms with Gasteiger partial charge in [-0.2, -0.15) is 0 Å². The number of aryl methyl sites for hydroxylation is 1. The number of rotatable bonds is 5. The zero-order valence-electron chi connectivity index (χ0n) is 9.75. The van der Waals surface area contributed by atoms with Crippen LogP contribution in [0.3, 0.4) is 0 Å². The lowest BCUT2D eigenvalue weighted by molar-refractivity contribution is 0.411. The monoisotopic (exact) mass is 238 g/mol. The summed E-state index contributed by atoms with van der Waals surface area (Å²) in [6.45, 7) is 0.959. The third-order valence-electron chi connectivity index (χ3n) is 3.85. The molecule has 0 amide bonds. The van der Waals surface area contributed by atoms with Crippen LogP contribution in [0.4, 0.5) is 0 Å².